The van der Waals surface area contributed by atoms with E-state index in [4.69, 9.17) is 0 Å². The van der Waals surface area contributed by atoms with Crippen molar-refractivity contribution in [2.45, 2.75) is 18.2 Å². The summed E-state index contributed by atoms with van der Waals surface area (Å²) in [4.78, 5) is 0. The molecule has 112 valence electrons. The number of hydrogen-bond donors (Lipinski definition) is 2. The number of rotatable bonds is 5. The first-order chi connectivity index (χ1) is 9.32. The second-order valence-electron chi connectivity index (χ2n) is 4.90. The lowest BCUT2D eigenvalue weighted by Gasteiger charge is -2.13. The Bertz CT molecular complexity index is 683. The Kier molecular flexibility index (Phi) is 4.36. The fraction of sp³-hybridized carbons (Fsp3) is 0.500. The van der Waals surface area contributed by atoms with Crippen LogP contribution < -0.4 is 10.0 Å². The standard InChI is InChI=1S/C12H18N2O4S2/c1-13-8-10-3-2-4-11(7-10)14-20(17,18)12-5-6-19(15,16)9-12/h2-4,7,12-14H,5-6,8-9H2,1H3. The summed E-state index contributed by atoms with van der Waals surface area (Å²) in [6.07, 6.45) is 0.161. The fourth-order valence-electron chi connectivity index (χ4n) is 2.20. The molecule has 1 aromatic carbocycles. The molecule has 8 heteroatoms. The third-order valence-electron chi connectivity index (χ3n) is 3.20. The molecule has 1 unspecified atom stereocenters. The number of benzene rings is 1. The molecular formula is C12H18N2O4S2. The zero-order valence-corrected chi connectivity index (χ0v) is 12.8. The van der Waals surface area contributed by atoms with Gasteiger partial charge in [-0.2, -0.15) is 0 Å². The van der Waals surface area contributed by atoms with E-state index in [1.807, 2.05) is 6.07 Å². The minimum atomic E-state index is -3.67. The lowest BCUT2D eigenvalue weighted by Crippen LogP contribution is -2.28. The maximum Gasteiger partial charge on any atom is 0.236 e. The number of anilines is 1. The summed E-state index contributed by atoms with van der Waals surface area (Å²) >= 11 is 0. The predicted molar refractivity (Wildman–Crippen MR) is 78.8 cm³/mol. The Morgan fingerprint density at radius 1 is 1.35 bits per heavy atom. The van der Waals surface area contributed by atoms with Crippen LogP contribution in [0.4, 0.5) is 5.69 Å². The van der Waals surface area contributed by atoms with E-state index >= 15 is 0 Å². The van der Waals surface area contributed by atoms with Gasteiger partial charge in [0.25, 0.3) is 0 Å². The molecule has 0 saturated carbocycles. The number of nitrogens with one attached hydrogen (secondary N) is 2. The van der Waals surface area contributed by atoms with E-state index in [1.165, 1.54) is 0 Å². The zero-order valence-electron chi connectivity index (χ0n) is 11.2. The third kappa shape index (κ3) is 3.71. The average molecular weight is 318 g/mol. The highest BCUT2D eigenvalue weighted by molar-refractivity contribution is 7.97. The van der Waals surface area contributed by atoms with Crippen molar-refractivity contribution < 1.29 is 16.8 Å². The summed E-state index contributed by atoms with van der Waals surface area (Å²) < 4.78 is 49.6. The second-order valence-corrected chi connectivity index (χ2v) is 9.09. The van der Waals surface area contributed by atoms with E-state index in [0.717, 1.165) is 5.56 Å². The summed E-state index contributed by atoms with van der Waals surface area (Å²) in [5.41, 5.74) is 1.41. The van der Waals surface area contributed by atoms with E-state index < -0.39 is 25.1 Å². The van der Waals surface area contributed by atoms with Crippen molar-refractivity contribution >= 4 is 25.5 Å². The first-order valence-corrected chi connectivity index (χ1v) is 9.65. The van der Waals surface area contributed by atoms with Crippen molar-refractivity contribution in [2.75, 3.05) is 23.3 Å². The minimum absolute atomic E-state index is 0.0572. The van der Waals surface area contributed by atoms with Gasteiger partial charge in [0, 0.05) is 12.2 Å². The average Bonchev–Trinajstić information content (AvgIpc) is 2.71. The molecule has 1 aliphatic rings. The highest BCUT2D eigenvalue weighted by Crippen LogP contribution is 2.21. The molecule has 0 aliphatic carbocycles. The highest BCUT2D eigenvalue weighted by atomic mass is 32.2. The minimum Gasteiger partial charge on any atom is -0.316 e. The smallest absolute Gasteiger partial charge is 0.236 e. The first kappa shape index (κ1) is 15.3. The van der Waals surface area contributed by atoms with Gasteiger partial charge in [0.15, 0.2) is 9.84 Å². The van der Waals surface area contributed by atoms with Gasteiger partial charge in [-0.05, 0) is 31.2 Å². The Morgan fingerprint density at radius 2 is 2.10 bits per heavy atom. The molecule has 1 fully saturated rings. The van der Waals surface area contributed by atoms with Crippen LogP contribution in [0.25, 0.3) is 0 Å². The van der Waals surface area contributed by atoms with Crippen molar-refractivity contribution in [1.29, 1.82) is 0 Å². The van der Waals surface area contributed by atoms with Crippen molar-refractivity contribution in [3.63, 3.8) is 0 Å². The van der Waals surface area contributed by atoms with E-state index in [-0.39, 0.29) is 17.9 Å². The lowest BCUT2D eigenvalue weighted by molar-refractivity contribution is 0.587. The molecule has 1 atom stereocenters. The number of sulfonamides is 1. The molecule has 0 amide bonds. The zero-order chi connectivity index (χ0) is 14.8. The van der Waals surface area contributed by atoms with E-state index in [2.05, 4.69) is 10.0 Å². The van der Waals surface area contributed by atoms with Gasteiger partial charge in [-0.25, -0.2) is 16.8 Å². The molecule has 6 nitrogen and oxygen atoms in total. The van der Waals surface area contributed by atoms with Crippen molar-refractivity contribution in [1.82, 2.24) is 5.32 Å². The lowest BCUT2D eigenvalue weighted by atomic mass is 10.2. The summed E-state index contributed by atoms with van der Waals surface area (Å²) in [6, 6.07) is 7.03. The van der Waals surface area contributed by atoms with Crippen LogP contribution in [0.1, 0.15) is 12.0 Å². The Hall–Kier alpha value is -1.12. The van der Waals surface area contributed by atoms with Crippen molar-refractivity contribution in [3.05, 3.63) is 29.8 Å². The Morgan fingerprint density at radius 3 is 2.70 bits per heavy atom. The normalized spacial score (nSPS) is 21.8. The quantitative estimate of drug-likeness (QED) is 0.816. The Balaban J connectivity index is 2.14. The molecule has 0 aromatic heterocycles. The molecule has 0 radical (unpaired) electrons. The van der Waals surface area contributed by atoms with Crippen LogP contribution in [-0.2, 0) is 26.4 Å². The molecule has 1 heterocycles. The maximum atomic E-state index is 12.2. The molecule has 20 heavy (non-hydrogen) atoms. The van der Waals surface area contributed by atoms with Gasteiger partial charge in [-0.3, -0.25) is 4.72 Å². The van der Waals surface area contributed by atoms with E-state index in [9.17, 15) is 16.8 Å². The van der Waals surface area contributed by atoms with E-state index in [0.29, 0.717) is 12.2 Å². The molecule has 0 spiro atoms. The van der Waals surface area contributed by atoms with Crippen LogP contribution in [0.5, 0.6) is 0 Å². The van der Waals surface area contributed by atoms with Gasteiger partial charge in [0.1, 0.15) is 0 Å². The highest BCUT2D eigenvalue weighted by Gasteiger charge is 2.37. The van der Waals surface area contributed by atoms with Crippen molar-refractivity contribution in [2.24, 2.45) is 0 Å². The van der Waals surface area contributed by atoms with Gasteiger partial charge in [0.05, 0.1) is 16.8 Å². The van der Waals surface area contributed by atoms with Crippen LogP contribution in [0.15, 0.2) is 24.3 Å². The van der Waals surface area contributed by atoms with Crippen LogP contribution in [0.3, 0.4) is 0 Å². The van der Waals surface area contributed by atoms with Crippen molar-refractivity contribution in [3.8, 4) is 0 Å². The summed E-state index contributed by atoms with van der Waals surface area (Å²) in [5.74, 6) is -0.350. The molecule has 2 rings (SSSR count). The first-order valence-electron chi connectivity index (χ1n) is 6.28. The molecule has 1 aromatic rings. The number of sulfone groups is 1. The topological polar surface area (TPSA) is 92.3 Å². The van der Waals surface area contributed by atoms with Gasteiger partial charge in [-0.1, -0.05) is 12.1 Å². The molecular weight excluding hydrogens is 300 g/mol. The monoisotopic (exact) mass is 318 g/mol. The Labute approximate surface area is 119 Å². The van der Waals surface area contributed by atoms with Crippen LogP contribution in [0, 0.1) is 0 Å². The summed E-state index contributed by atoms with van der Waals surface area (Å²) in [6.45, 7) is 0.632. The number of hydrogen-bond acceptors (Lipinski definition) is 5. The third-order valence-corrected chi connectivity index (χ3v) is 6.98. The van der Waals surface area contributed by atoms with Crippen LogP contribution in [0.2, 0.25) is 0 Å². The van der Waals surface area contributed by atoms with Crippen LogP contribution >= 0.6 is 0 Å². The molecule has 2 N–H and O–H groups in total. The van der Waals surface area contributed by atoms with E-state index in [1.54, 1.807) is 25.2 Å². The summed E-state index contributed by atoms with van der Waals surface area (Å²) in [7, 11) is -5.08. The largest absolute Gasteiger partial charge is 0.316 e. The molecule has 1 saturated heterocycles. The fourth-order valence-corrected chi connectivity index (χ4v) is 6.28. The van der Waals surface area contributed by atoms with Gasteiger partial charge in [-0.15, -0.1) is 0 Å². The summed E-state index contributed by atoms with van der Waals surface area (Å²) in [5, 5.41) is 2.12. The van der Waals surface area contributed by atoms with Crippen LogP contribution in [-0.4, -0.2) is 40.6 Å². The van der Waals surface area contributed by atoms with Gasteiger partial charge >= 0.3 is 0 Å². The molecule has 0 bridgehead atoms. The second kappa shape index (κ2) is 5.71. The van der Waals surface area contributed by atoms with Gasteiger partial charge < -0.3 is 5.32 Å². The van der Waals surface area contributed by atoms with Gasteiger partial charge in [0.2, 0.25) is 10.0 Å². The predicted octanol–water partition coefficient (Wildman–Crippen LogP) is 0.335. The maximum absolute atomic E-state index is 12.2. The SMILES string of the molecule is CNCc1cccc(NS(=O)(=O)C2CCS(=O)(=O)C2)c1. The molecule has 1 aliphatic heterocycles.